The fourth-order valence-electron chi connectivity index (χ4n) is 2.20. The monoisotopic (exact) mass is 233 g/mol. The number of hydrogen-bond donors (Lipinski definition) is 1. The van der Waals surface area contributed by atoms with Crippen LogP contribution in [0.15, 0.2) is 24.3 Å². The summed E-state index contributed by atoms with van der Waals surface area (Å²) in [6, 6.07) is 9.16. The molecule has 2 N–H and O–H groups in total. The van der Waals surface area contributed by atoms with Gasteiger partial charge in [0.25, 0.3) is 0 Å². The molecular formula is C16H27N. The van der Waals surface area contributed by atoms with Gasteiger partial charge in [-0.15, -0.1) is 0 Å². The van der Waals surface area contributed by atoms with Crippen LogP contribution in [0.25, 0.3) is 0 Å². The molecule has 1 heteroatoms. The molecule has 1 aromatic carbocycles. The Balaban J connectivity index is 2.57. The number of benzene rings is 1. The zero-order valence-corrected chi connectivity index (χ0v) is 12.0. The van der Waals surface area contributed by atoms with Crippen molar-refractivity contribution in [2.45, 2.75) is 59.4 Å². The molecule has 0 heterocycles. The van der Waals surface area contributed by atoms with E-state index in [-0.39, 0.29) is 6.04 Å². The second-order valence-electron chi connectivity index (χ2n) is 6.63. The predicted octanol–water partition coefficient (Wildman–Crippen LogP) is 4.12. The van der Waals surface area contributed by atoms with Gasteiger partial charge in [0, 0.05) is 6.04 Å². The summed E-state index contributed by atoms with van der Waals surface area (Å²) in [6.07, 6.45) is 2.05. The minimum Gasteiger partial charge on any atom is -0.327 e. The minimum absolute atomic E-state index is 0.264. The highest BCUT2D eigenvalue weighted by Gasteiger charge is 2.15. The molecule has 0 radical (unpaired) electrons. The quantitative estimate of drug-likeness (QED) is 0.832. The summed E-state index contributed by atoms with van der Waals surface area (Å²) in [7, 11) is 0. The van der Waals surface area contributed by atoms with Crippen molar-refractivity contribution < 1.29 is 0 Å². The van der Waals surface area contributed by atoms with Crippen LogP contribution in [0.4, 0.5) is 0 Å². The highest BCUT2D eigenvalue weighted by atomic mass is 14.6. The zero-order valence-electron chi connectivity index (χ0n) is 12.0. The molecule has 1 aromatic rings. The summed E-state index contributed by atoms with van der Waals surface area (Å²) >= 11 is 0. The van der Waals surface area contributed by atoms with Crippen LogP contribution >= 0.6 is 0 Å². The van der Waals surface area contributed by atoms with Crippen molar-refractivity contribution >= 4 is 0 Å². The van der Waals surface area contributed by atoms with Gasteiger partial charge in [0.05, 0.1) is 0 Å². The first kappa shape index (κ1) is 14.2. The number of hydrogen-bond acceptors (Lipinski definition) is 1. The molecule has 0 aliphatic heterocycles. The molecule has 1 atom stereocenters. The van der Waals surface area contributed by atoms with E-state index in [0.29, 0.717) is 11.3 Å². The van der Waals surface area contributed by atoms with Gasteiger partial charge >= 0.3 is 0 Å². The Morgan fingerprint density at radius 2 is 1.59 bits per heavy atom. The Morgan fingerprint density at radius 1 is 1.06 bits per heavy atom. The van der Waals surface area contributed by atoms with Crippen LogP contribution < -0.4 is 5.73 Å². The van der Waals surface area contributed by atoms with E-state index in [0.717, 1.165) is 12.8 Å². The van der Waals surface area contributed by atoms with Crippen molar-refractivity contribution in [1.29, 1.82) is 0 Å². The maximum absolute atomic E-state index is 6.19. The first-order chi connectivity index (χ1) is 7.78. The maximum Gasteiger partial charge on any atom is 0.00843 e. The zero-order chi connectivity index (χ0) is 13.1. The first-order valence-electron chi connectivity index (χ1n) is 6.62. The molecule has 0 saturated carbocycles. The Hall–Kier alpha value is -0.820. The molecular weight excluding hydrogens is 206 g/mol. The lowest BCUT2D eigenvalue weighted by Crippen LogP contribution is -2.28. The molecule has 0 amide bonds. The molecule has 96 valence electrons. The average Bonchev–Trinajstić information content (AvgIpc) is 2.15. The molecule has 1 unspecified atom stereocenters. The molecule has 0 fully saturated rings. The van der Waals surface area contributed by atoms with Gasteiger partial charge in [-0.05, 0) is 35.3 Å². The molecule has 0 saturated heterocycles. The summed E-state index contributed by atoms with van der Waals surface area (Å²) in [5.41, 5.74) is 9.26. The Morgan fingerprint density at radius 3 is 2.00 bits per heavy atom. The van der Waals surface area contributed by atoms with Crippen LogP contribution in [0.1, 0.15) is 58.1 Å². The van der Waals surface area contributed by atoms with Crippen molar-refractivity contribution in [2.75, 3.05) is 0 Å². The van der Waals surface area contributed by atoms with Gasteiger partial charge in [0.2, 0.25) is 0 Å². The van der Waals surface area contributed by atoms with E-state index < -0.39 is 0 Å². The summed E-state index contributed by atoms with van der Waals surface area (Å²) in [4.78, 5) is 0. The smallest absolute Gasteiger partial charge is 0.00843 e. The van der Waals surface area contributed by atoms with Crippen LogP contribution in [-0.2, 0) is 6.42 Å². The van der Waals surface area contributed by atoms with E-state index in [1.54, 1.807) is 0 Å². The second kappa shape index (κ2) is 5.68. The highest BCUT2D eigenvalue weighted by molar-refractivity contribution is 5.25. The maximum atomic E-state index is 6.19. The lowest BCUT2D eigenvalue weighted by molar-refractivity contribution is 0.338. The van der Waals surface area contributed by atoms with E-state index in [2.05, 4.69) is 58.9 Å². The Labute approximate surface area is 106 Å². The third-order valence-electron chi connectivity index (χ3n) is 3.02. The van der Waals surface area contributed by atoms with Gasteiger partial charge in [-0.2, -0.15) is 0 Å². The summed E-state index contributed by atoms with van der Waals surface area (Å²) in [5, 5.41) is 0. The van der Waals surface area contributed by atoms with Gasteiger partial charge in [-0.25, -0.2) is 0 Å². The molecule has 0 bridgehead atoms. The lowest BCUT2D eigenvalue weighted by Gasteiger charge is -2.23. The summed E-state index contributed by atoms with van der Waals surface area (Å²) in [6.45, 7) is 11.2. The van der Waals surface area contributed by atoms with Gasteiger partial charge in [-0.1, -0.05) is 58.9 Å². The third kappa shape index (κ3) is 5.36. The van der Waals surface area contributed by atoms with E-state index in [9.17, 15) is 0 Å². The topological polar surface area (TPSA) is 26.0 Å². The van der Waals surface area contributed by atoms with Crippen molar-refractivity contribution in [3.8, 4) is 0 Å². The van der Waals surface area contributed by atoms with Crippen molar-refractivity contribution in [3.63, 3.8) is 0 Å². The van der Waals surface area contributed by atoms with Gasteiger partial charge in [-0.3, -0.25) is 0 Å². The van der Waals surface area contributed by atoms with Gasteiger partial charge in [0.15, 0.2) is 0 Å². The van der Waals surface area contributed by atoms with Crippen molar-refractivity contribution in [3.05, 3.63) is 35.4 Å². The van der Waals surface area contributed by atoms with Crippen LogP contribution in [-0.4, -0.2) is 6.04 Å². The lowest BCUT2D eigenvalue weighted by atomic mass is 9.86. The second-order valence-corrected chi connectivity index (χ2v) is 6.63. The largest absolute Gasteiger partial charge is 0.327 e. The van der Waals surface area contributed by atoms with Crippen LogP contribution in [0.3, 0.4) is 0 Å². The van der Waals surface area contributed by atoms with E-state index in [4.69, 9.17) is 5.73 Å². The van der Waals surface area contributed by atoms with Gasteiger partial charge in [0.1, 0.15) is 0 Å². The van der Waals surface area contributed by atoms with Gasteiger partial charge < -0.3 is 5.73 Å². The van der Waals surface area contributed by atoms with Crippen LogP contribution in [0.5, 0.6) is 0 Å². The van der Waals surface area contributed by atoms with E-state index in [1.807, 2.05) is 0 Å². The molecule has 17 heavy (non-hydrogen) atoms. The van der Waals surface area contributed by atoms with E-state index >= 15 is 0 Å². The number of nitrogens with two attached hydrogens (primary N) is 1. The fraction of sp³-hybridized carbons (Fsp3) is 0.625. The minimum atomic E-state index is 0.264. The van der Waals surface area contributed by atoms with Crippen LogP contribution in [0, 0.1) is 5.41 Å². The third-order valence-corrected chi connectivity index (χ3v) is 3.02. The molecule has 0 aromatic heterocycles. The van der Waals surface area contributed by atoms with Crippen molar-refractivity contribution in [1.82, 2.24) is 0 Å². The molecule has 0 aliphatic rings. The summed E-state index contributed by atoms with van der Waals surface area (Å²) < 4.78 is 0. The molecule has 0 spiro atoms. The fourth-order valence-corrected chi connectivity index (χ4v) is 2.20. The SMILES string of the molecule is CC(C)c1ccc(CC(N)CC(C)(C)C)cc1. The molecule has 1 nitrogen and oxygen atoms in total. The normalized spacial score (nSPS) is 14.1. The Kier molecular flexibility index (Phi) is 4.76. The molecule has 0 aliphatic carbocycles. The standard InChI is InChI=1S/C16H27N/c1-12(2)14-8-6-13(7-9-14)10-15(17)11-16(3,4)5/h6-9,12,15H,10-11,17H2,1-5H3. The van der Waals surface area contributed by atoms with Crippen LogP contribution in [0.2, 0.25) is 0 Å². The predicted molar refractivity (Wildman–Crippen MR) is 76.3 cm³/mol. The van der Waals surface area contributed by atoms with E-state index in [1.165, 1.54) is 11.1 Å². The van der Waals surface area contributed by atoms with Crippen molar-refractivity contribution in [2.24, 2.45) is 11.1 Å². The summed E-state index contributed by atoms with van der Waals surface area (Å²) in [5.74, 6) is 0.604. The molecule has 1 rings (SSSR count). The highest BCUT2D eigenvalue weighted by Crippen LogP contribution is 2.22. The Bertz CT molecular complexity index is 330. The first-order valence-corrected chi connectivity index (χ1v) is 6.62. The average molecular weight is 233 g/mol. The number of rotatable bonds is 4.